The van der Waals surface area contributed by atoms with Gasteiger partial charge in [-0.2, -0.15) is 0 Å². The summed E-state index contributed by atoms with van der Waals surface area (Å²) >= 11 is 0. The number of ether oxygens (including phenoxy) is 1. The van der Waals surface area contributed by atoms with E-state index in [0.717, 1.165) is 59.6 Å². The maximum atomic E-state index is 14.3. The SMILES string of the molecule is O=C(O)/C=C/c1ccc(NC(=O)C2(NC(=O)c3ccc4c(C5CCCCC5)c5n(c4c3)CC(C(=O)N3CCOCC3)Cc3cccnc3-5)CCCC2)cc1. The lowest BCUT2D eigenvalue weighted by Gasteiger charge is -2.30. The second-order valence-electron chi connectivity index (χ2n) is 15.3. The third kappa shape index (κ3) is 7.04. The van der Waals surface area contributed by atoms with Crippen molar-refractivity contribution in [3.05, 3.63) is 89.1 Å². The van der Waals surface area contributed by atoms with Gasteiger partial charge in [-0.15, -0.1) is 0 Å². The molecule has 3 amide bonds. The molecule has 4 aromatic rings. The average Bonchev–Trinajstić information content (AvgIpc) is 3.76. The number of nitrogens with zero attached hydrogens (tertiary/aromatic N) is 3. The summed E-state index contributed by atoms with van der Waals surface area (Å²) in [7, 11) is 0. The number of hydrogen-bond donors (Lipinski definition) is 3. The van der Waals surface area contributed by atoms with E-state index in [0.29, 0.717) is 74.8 Å². The number of aromatic nitrogens is 2. The minimum absolute atomic E-state index is 0.122. The second kappa shape index (κ2) is 15.2. The van der Waals surface area contributed by atoms with Crippen LogP contribution >= 0.6 is 0 Å². The van der Waals surface area contributed by atoms with Crippen molar-refractivity contribution < 1.29 is 29.0 Å². The highest BCUT2D eigenvalue weighted by atomic mass is 16.5. The molecule has 1 saturated heterocycles. The minimum atomic E-state index is -1.07. The van der Waals surface area contributed by atoms with Crippen molar-refractivity contribution in [1.82, 2.24) is 19.8 Å². The number of carboxylic acid groups (broad SMARTS) is 1. The van der Waals surface area contributed by atoms with Crippen molar-refractivity contribution in [3.63, 3.8) is 0 Å². The molecule has 1 atom stereocenters. The molecule has 2 aromatic carbocycles. The molecular weight excluding hydrogens is 683 g/mol. The Kier molecular flexibility index (Phi) is 10.1. The van der Waals surface area contributed by atoms with Crippen molar-refractivity contribution in [1.29, 1.82) is 0 Å². The van der Waals surface area contributed by atoms with Gasteiger partial charge in [0.15, 0.2) is 0 Å². The van der Waals surface area contributed by atoms with Crippen LogP contribution in [0.25, 0.3) is 28.4 Å². The first-order chi connectivity index (χ1) is 26.3. The standard InChI is InChI=1S/C43H47N5O6/c49-36(50)17-12-28-10-14-33(15-11-28)45-42(53)43(18-4-5-19-43)46-40(51)31-13-16-34-35(26-31)48-27-32(41(52)47-21-23-54-24-22-47)25-30-9-6-20-44-38(30)39(48)37(34)29-7-2-1-3-8-29/h6,9-17,20,26,29,32H,1-5,7-8,18-19,21-25,27H2,(H,45,53)(H,46,51)(H,49,50)/b17-12+. The Morgan fingerprint density at radius 3 is 2.43 bits per heavy atom. The number of carbonyl (C=O) groups excluding carboxylic acids is 3. The van der Waals surface area contributed by atoms with Crippen molar-refractivity contribution >= 4 is 46.4 Å². The largest absolute Gasteiger partial charge is 0.478 e. The quantitative estimate of drug-likeness (QED) is 0.174. The molecule has 2 saturated carbocycles. The Morgan fingerprint density at radius 2 is 1.69 bits per heavy atom. The highest BCUT2D eigenvalue weighted by molar-refractivity contribution is 6.06. The summed E-state index contributed by atoms with van der Waals surface area (Å²) in [6, 6.07) is 16.9. The number of nitrogens with one attached hydrogen (secondary N) is 2. The molecule has 280 valence electrons. The van der Waals surface area contributed by atoms with E-state index < -0.39 is 11.5 Å². The molecule has 11 heteroatoms. The van der Waals surface area contributed by atoms with Gasteiger partial charge in [-0.1, -0.05) is 56.4 Å². The van der Waals surface area contributed by atoms with Crippen molar-refractivity contribution in [3.8, 4) is 11.4 Å². The van der Waals surface area contributed by atoms with E-state index in [1.54, 1.807) is 24.3 Å². The number of amides is 3. The van der Waals surface area contributed by atoms with Gasteiger partial charge in [-0.3, -0.25) is 19.4 Å². The number of anilines is 1. The molecule has 8 rings (SSSR count). The maximum absolute atomic E-state index is 14.3. The second-order valence-corrected chi connectivity index (χ2v) is 15.3. The lowest BCUT2D eigenvalue weighted by Crippen LogP contribution is -2.55. The molecule has 4 heterocycles. The third-order valence-electron chi connectivity index (χ3n) is 11.9. The van der Waals surface area contributed by atoms with Crippen molar-refractivity contribution in [2.24, 2.45) is 5.92 Å². The summed E-state index contributed by atoms with van der Waals surface area (Å²) in [5.41, 5.74) is 5.90. The van der Waals surface area contributed by atoms with Gasteiger partial charge in [0.05, 0.1) is 30.5 Å². The van der Waals surface area contributed by atoms with Gasteiger partial charge in [-0.05, 0) is 91.1 Å². The first-order valence-corrected chi connectivity index (χ1v) is 19.4. The van der Waals surface area contributed by atoms with Crippen LogP contribution in [0.1, 0.15) is 90.8 Å². The summed E-state index contributed by atoms with van der Waals surface area (Å²) in [6.07, 6.45) is 13.4. The number of fused-ring (bicyclic) bond motifs is 5. The van der Waals surface area contributed by atoms with Gasteiger partial charge in [0.1, 0.15) is 5.54 Å². The van der Waals surface area contributed by atoms with Crippen LogP contribution in [-0.2, 0) is 32.1 Å². The zero-order chi connectivity index (χ0) is 37.2. The number of hydrogen-bond acceptors (Lipinski definition) is 6. The molecule has 11 nitrogen and oxygen atoms in total. The van der Waals surface area contributed by atoms with E-state index in [9.17, 15) is 19.2 Å². The van der Waals surface area contributed by atoms with Gasteiger partial charge >= 0.3 is 5.97 Å². The lowest BCUT2D eigenvalue weighted by molar-refractivity contribution is -0.140. The number of morpholine rings is 1. The van der Waals surface area contributed by atoms with Crippen molar-refractivity contribution in [2.45, 2.75) is 82.2 Å². The molecular formula is C43H47N5O6. The molecule has 54 heavy (non-hydrogen) atoms. The predicted molar refractivity (Wildman–Crippen MR) is 206 cm³/mol. The normalized spacial score (nSPS) is 19.9. The smallest absolute Gasteiger partial charge is 0.328 e. The van der Waals surface area contributed by atoms with Crippen LogP contribution in [0.2, 0.25) is 0 Å². The average molecular weight is 730 g/mol. The fraction of sp³-hybridized carbons (Fsp3) is 0.419. The molecule has 2 aromatic heterocycles. The number of aliphatic carboxylic acids is 1. The third-order valence-corrected chi connectivity index (χ3v) is 11.9. The first-order valence-electron chi connectivity index (χ1n) is 19.4. The molecule has 0 spiro atoms. The fourth-order valence-electron chi connectivity index (χ4n) is 9.11. The van der Waals surface area contributed by atoms with E-state index in [-0.39, 0.29) is 23.6 Å². The zero-order valence-electron chi connectivity index (χ0n) is 30.5. The molecule has 3 fully saturated rings. The molecule has 1 unspecified atom stereocenters. The van der Waals surface area contributed by atoms with E-state index in [2.05, 4.69) is 27.3 Å². The molecule has 3 N–H and O–H groups in total. The monoisotopic (exact) mass is 729 g/mol. The molecule has 4 aliphatic rings. The van der Waals surface area contributed by atoms with E-state index in [1.165, 1.54) is 30.9 Å². The minimum Gasteiger partial charge on any atom is -0.478 e. The molecule has 0 radical (unpaired) electrons. The summed E-state index contributed by atoms with van der Waals surface area (Å²) in [5.74, 6) is -1.44. The van der Waals surface area contributed by atoms with Gasteiger partial charge < -0.3 is 29.9 Å². The van der Waals surface area contributed by atoms with Crippen LogP contribution in [0.15, 0.2) is 66.9 Å². The fourth-order valence-corrected chi connectivity index (χ4v) is 9.11. The Morgan fingerprint density at radius 1 is 0.926 bits per heavy atom. The number of benzene rings is 2. The topological polar surface area (TPSA) is 143 Å². The predicted octanol–water partition coefficient (Wildman–Crippen LogP) is 6.56. The molecule has 0 bridgehead atoms. The number of pyridine rings is 1. The van der Waals surface area contributed by atoms with Gasteiger partial charge in [-0.25, -0.2) is 4.79 Å². The Bertz CT molecular complexity index is 2100. The van der Waals surface area contributed by atoms with Gasteiger partial charge in [0.25, 0.3) is 5.91 Å². The van der Waals surface area contributed by atoms with Crippen LogP contribution in [-0.4, -0.2) is 75.1 Å². The van der Waals surface area contributed by atoms with Crippen LogP contribution in [0.4, 0.5) is 5.69 Å². The Labute approximate surface area is 314 Å². The molecule has 2 aliphatic heterocycles. The Hall–Kier alpha value is -5.29. The lowest BCUT2D eigenvalue weighted by atomic mass is 9.82. The number of carboxylic acids is 1. The number of rotatable bonds is 8. The summed E-state index contributed by atoms with van der Waals surface area (Å²) in [5, 5.41) is 16.2. The van der Waals surface area contributed by atoms with E-state index in [4.69, 9.17) is 14.8 Å². The Balaban J connectivity index is 1.14. The maximum Gasteiger partial charge on any atom is 0.328 e. The highest BCUT2D eigenvalue weighted by Crippen LogP contribution is 2.46. The van der Waals surface area contributed by atoms with Crippen molar-refractivity contribution in [2.75, 3.05) is 31.6 Å². The zero-order valence-corrected chi connectivity index (χ0v) is 30.5. The van der Waals surface area contributed by atoms with Crippen LogP contribution in [0, 0.1) is 5.92 Å². The van der Waals surface area contributed by atoms with E-state index >= 15 is 0 Å². The van der Waals surface area contributed by atoms with E-state index in [1.807, 2.05) is 29.3 Å². The van der Waals surface area contributed by atoms with Gasteiger partial charge in [0, 0.05) is 54.1 Å². The van der Waals surface area contributed by atoms with Crippen LogP contribution < -0.4 is 10.6 Å². The number of carbonyl (C=O) groups is 4. The summed E-state index contributed by atoms with van der Waals surface area (Å²) in [6.45, 7) is 2.72. The summed E-state index contributed by atoms with van der Waals surface area (Å²) < 4.78 is 7.83. The molecule has 2 aliphatic carbocycles. The first kappa shape index (κ1) is 35.7. The highest BCUT2D eigenvalue weighted by Gasteiger charge is 2.43. The van der Waals surface area contributed by atoms with Gasteiger partial charge in [0.2, 0.25) is 11.8 Å². The van der Waals surface area contributed by atoms with Crippen LogP contribution in [0.5, 0.6) is 0 Å². The summed E-state index contributed by atoms with van der Waals surface area (Å²) in [4.78, 5) is 60.1. The van der Waals surface area contributed by atoms with Crippen LogP contribution in [0.3, 0.4) is 0 Å².